The molecule has 0 bridgehead atoms. The maximum absolute atomic E-state index is 5.08. The first-order valence-electron chi connectivity index (χ1n) is 2.97. The summed E-state index contributed by atoms with van der Waals surface area (Å²) in [6.07, 6.45) is 2.45. The number of hydrogen-bond donors (Lipinski definition) is 0. The first-order valence-corrected chi connectivity index (χ1v) is 5.35. The Balaban J connectivity index is 2.97. The van der Waals surface area contributed by atoms with E-state index in [0.29, 0.717) is 5.75 Å². The van der Waals surface area contributed by atoms with Crippen LogP contribution in [-0.4, -0.2) is 0 Å². The van der Waals surface area contributed by atoms with Gasteiger partial charge in [-0.2, -0.15) is 0 Å². The van der Waals surface area contributed by atoms with Gasteiger partial charge in [-0.05, 0) is 44.0 Å². The summed E-state index contributed by atoms with van der Waals surface area (Å²) in [7, 11) is 0. The largest absolute Gasteiger partial charge is 0.406 e. The van der Waals surface area contributed by atoms with Crippen molar-refractivity contribution >= 4 is 47.8 Å². The van der Waals surface area contributed by atoms with Crippen molar-refractivity contribution in [3.05, 3.63) is 27.1 Å². The summed E-state index contributed by atoms with van der Waals surface area (Å²) in [4.78, 5) is 2.47. The molecule has 0 amide bonds. The van der Waals surface area contributed by atoms with Gasteiger partial charge in [-0.25, -0.2) is 0 Å². The van der Waals surface area contributed by atoms with Crippen LogP contribution in [0.1, 0.15) is 0 Å². The maximum atomic E-state index is 5.08. The highest BCUT2D eigenvalue weighted by Crippen LogP contribution is 2.31. The molecule has 0 heterocycles. The molecule has 1 rings (SSSR count). The first-order chi connectivity index (χ1) is 5.75. The average Bonchev–Trinajstić information content (AvgIpc) is 2.08. The van der Waals surface area contributed by atoms with Gasteiger partial charge in [-0.1, -0.05) is 6.07 Å². The van der Waals surface area contributed by atoms with Gasteiger partial charge < -0.3 is 4.74 Å². The summed E-state index contributed by atoms with van der Waals surface area (Å²) in [6, 6.07) is 5.62. The summed E-state index contributed by atoms with van der Waals surface area (Å²) in [5.41, 5.74) is 0. The Labute approximate surface area is 95.9 Å². The van der Waals surface area contributed by atoms with Crippen molar-refractivity contribution in [2.24, 2.45) is 0 Å². The third-order valence-electron chi connectivity index (χ3n) is 1.12. The fourth-order valence-corrected chi connectivity index (χ4v) is 1.41. The van der Waals surface area contributed by atoms with Crippen LogP contribution in [0.4, 0.5) is 0 Å². The van der Waals surface area contributed by atoms with Crippen molar-refractivity contribution < 1.29 is 4.74 Å². The molecule has 0 aromatic heterocycles. The second kappa shape index (κ2) is 4.90. The van der Waals surface area contributed by atoms with Gasteiger partial charge in [-0.3, -0.25) is 0 Å². The lowest BCUT2D eigenvalue weighted by molar-refractivity contribution is 0.516. The molecule has 0 radical (unpaired) electrons. The van der Waals surface area contributed by atoms with Gasteiger partial charge in [0.25, 0.3) is 0 Å². The quantitative estimate of drug-likeness (QED) is 0.695. The van der Waals surface area contributed by atoms with E-state index in [1.165, 1.54) is 0 Å². The second-order valence-electron chi connectivity index (χ2n) is 1.85. The standard InChI is InChI=1S/C8H3Br3O/c9-4-5-12-7-3-1-2-6(10)8(7)11/h1-3H. The maximum Gasteiger partial charge on any atom is 0.155 e. The molecule has 1 aromatic rings. The minimum absolute atomic E-state index is 0.691. The molecule has 62 valence electrons. The van der Waals surface area contributed by atoms with Gasteiger partial charge in [0.15, 0.2) is 5.75 Å². The van der Waals surface area contributed by atoms with Crippen LogP contribution < -0.4 is 4.74 Å². The Bertz CT molecular complexity index is 338. The van der Waals surface area contributed by atoms with Crippen LogP contribution >= 0.6 is 47.8 Å². The molecule has 12 heavy (non-hydrogen) atoms. The predicted octanol–water partition coefficient (Wildman–Crippen LogP) is 3.90. The van der Waals surface area contributed by atoms with Crippen LogP contribution in [-0.2, 0) is 0 Å². The summed E-state index contributed by atoms with van der Waals surface area (Å²) >= 11 is 9.64. The van der Waals surface area contributed by atoms with Gasteiger partial charge in [0.1, 0.15) is 6.11 Å². The number of halogens is 3. The molecular weight excluding hydrogens is 352 g/mol. The van der Waals surface area contributed by atoms with Crippen LogP contribution in [0.15, 0.2) is 27.1 Å². The van der Waals surface area contributed by atoms with E-state index < -0.39 is 0 Å². The van der Waals surface area contributed by atoms with E-state index in [2.05, 4.69) is 58.7 Å². The molecule has 0 spiro atoms. The normalized spacial score (nSPS) is 8.58. The summed E-state index contributed by atoms with van der Waals surface area (Å²) in [5, 5.41) is 0. The number of rotatable bonds is 1. The third kappa shape index (κ3) is 2.51. The lowest BCUT2D eigenvalue weighted by atomic mass is 10.3. The van der Waals surface area contributed by atoms with Crippen LogP contribution in [0, 0.1) is 10.9 Å². The monoisotopic (exact) mass is 352 g/mol. The van der Waals surface area contributed by atoms with E-state index in [4.69, 9.17) is 4.74 Å². The van der Waals surface area contributed by atoms with Crippen LogP contribution in [0.5, 0.6) is 5.75 Å². The van der Waals surface area contributed by atoms with E-state index in [9.17, 15) is 0 Å². The molecule has 0 unspecified atom stereocenters. The smallest absolute Gasteiger partial charge is 0.155 e. The van der Waals surface area contributed by atoms with Gasteiger partial charge in [0.05, 0.1) is 4.47 Å². The topological polar surface area (TPSA) is 9.23 Å². The Morgan fingerprint density at radius 3 is 2.67 bits per heavy atom. The number of hydrogen-bond acceptors (Lipinski definition) is 1. The summed E-state index contributed by atoms with van der Waals surface area (Å²) in [6.45, 7) is 0. The Hall–Kier alpha value is 0.0200. The molecule has 0 fully saturated rings. The minimum atomic E-state index is 0.691. The highest BCUT2D eigenvalue weighted by molar-refractivity contribution is 9.13. The van der Waals surface area contributed by atoms with Gasteiger partial charge in [0, 0.05) is 25.2 Å². The zero-order valence-electron chi connectivity index (χ0n) is 5.77. The van der Waals surface area contributed by atoms with E-state index >= 15 is 0 Å². The predicted molar refractivity (Wildman–Crippen MR) is 59.2 cm³/mol. The molecule has 1 aromatic carbocycles. The fourth-order valence-electron chi connectivity index (χ4n) is 0.637. The Morgan fingerprint density at radius 2 is 2.00 bits per heavy atom. The van der Waals surface area contributed by atoms with E-state index in [0.717, 1.165) is 8.95 Å². The SMILES string of the molecule is BrC#COc1cccc(Br)c1Br. The molecule has 0 aliphatic rings. The molecule has 0 aliphatic carbocycles. The van der Waals surface area contributed by atoms with Crippen LogP contribution in [0.2, 0.25) is 0 Å². The lowest BCUT2D eigenvalue weighted by Gasteiger charge is -2.01. The highest BCUT2D eigenvalue weighted by Gasteiger charge is 2.02. The van der Waals surface area contributed by atoms with Crippen molar-refractivity contribution in [2.45, 2.75) is 0 Å². The van der Waals surface area contributed by atoms with Gasteiger partial charge in [0.2, 0.25) is 0 Å². The third-order valence-corrected chi connectivity index (χ3v) is 3.29. The van der Waals surface area contributed by atoms with Crippen molar-refractivity contribution in [2.75, 3.05) is 0 Å². The van der Waals surface area contributed by atoms with Crippen molar-refractivity contribution in [1.29, 1.82) is 0 Å². The minimum Gasteiger partial charge on any atom is -0.406 e. The van der Waals surface area contributed by atoms with E-state index in [1.807, 2.05) is 18.2 Å². The molecule has 4 heteroatoms. The first kappa shape index (κ1) is 10.1. The molecule has 1 nitrogen and oxygen atoms in total. The molecule has 0 N–H and O–H groups in total. The second-order valence-corrected chi connectivity index (χ2v) is 3.89. The van der Waals surface area contributed by atoms with Crippen LogP contribution in [0.3, 0.4) is 0 Å². The van der Waals surface area contributed by atoms with Crippen LogP contribution in [0.25, 0.3) is 0 Å². The van der Waals surface area contributed by atoms with Gasteiger partial charge in [-0.15, -0.1) is 0 Å². The zero-order chi connectivity index (χ0) is 8.97. The molecular formula is C8H3Br3O. The molecule has 0 saturated carbocycles. The molecule has 0 aliphatic heterocycles. The molecule has 0 atom stereocenters. The lowest BCUT2D eigenvalue weighted by Crippen LogP contribution is -1.83. The van der Waals surface area contributed by atoms with Crippen molar-refractivity contribution in [1.82, 2.24) is 0 Å². The fraction of sp³-hybridized carbons (Fsp3) is 0. The van der Waals surface area contributed by atoms with Crippen molar-refractivity contribution in [3.8, 4) is 16.7 Å². The number of ether oxygens (including phenoxy) is 1. The Morgan fingerprint density at radius 1 is 1.25 bits per heavy atom. The summed E-state index contributed by atoms with van der Waals surface area (Å²) in [5.74, 6) is 0.691. The zero-order valence-corrected chi connectivity index (χ0v) is 10.5. The summed E-state index contributed by atoms with van der Waals surface area (Å²) < 4.78 is 6.88. The number of benzene rings is 1. The van der Waals surface area contributed by atoms with E-state index in [-0.39, 0.29) is 0 Å². The Kier molecular flexibility index (Phi) is 4.13. The van der Waals surface area contributed by atoms with Gasteiger partial charge >= 0.3 is 0 Å². The van der Waals surface area contributed by atoms with E-state index in [1.54, 1.807) is 0 Å². The average molecular weight is 355 g/mol. The highest BCUT2D eigenvalue weighted by atomic mass is 79.9. The molecule has 0 saturated heterocycles. The van der Waals surface area contributed by atoms with Crippen molar-refractivity contribution in [3.63, 3.8) is 0 Å².